The lowest BCUT2D eigenvalue weighted by Gasteiger charge is -2.26. The van der Waals surface area contributed by atoms with E-state index in [0.29, 0.717) is 6.04 Å². The fraction of sp³-hybridized carbons (Fsp3) is 0.571. The van der Waals surface area contributed by atoms with Crippen LogP contribution in [0, 0.1) is 0 Å². The summed E-state index contributed by atoms with van der Waals surface area (Å²) in [6.45, 7) is 6.93. The van der Waals surface area contributed by atoms with Gasteiger partial charge in [0.25, 0.3) is 0 Å². The molecule has 0 bridgehead atoms. The Labute approximate surface area is 105 Å². The van der Waals surface area contributed by atoms with Crippen molar-refractivity contribution in [3.8, 4) is 0 Å². The van der Waals surface area contributed by atoms with E-state index < -0.39 is 0 Å². The number of rotatable bonds is 7. The SMILES string of the molecule is COCCNCc1ccccc1N(C)C(C)C. The Kier molecular flexibility index (Phi) is 6.01. The number of benzene rings is 1. The Morgan fingerprint density at radius 1 is 1.29 bits per heavy atom. The highest BCUT2D eigenvalue weighted by Crippen LogP contribution is 2.20. The summed E-state index contributed by atoms with van der Waals surface area (Å²) in [5.74, 6) is 0. The van der Waals surface area contributed by atoms with Gasteiger partial charge < -0.3 is 15.0 Å². The van der Waals surface area contributed by atoms with E-state index in [1.54, 1.807) is 7.11 Å². The number of hydrogen-bond donors (Lipinski definition) is 1. The molecule has 3 heteroatoms. The second-order valence-corrected chi connectivity index (χ2v) is 4.50. The van der Waals surface area contributed by atoms with E-state index in [0.717, 1.165) is 19.7 Å². The van der Waals surface area contributed by atoms with Crippen molar-refractivity contribution < 1.29 is 4.74 Å². The van der Waals surface area contributed by atoms with Gasteiger partial charge in [-0.3, -0.25) is 0 Å². The molecule has 0 radical (unpaired) electrons. The van der Waals surface area contributed by atoms with Crippen molar-refractivity contribution in [3.63, 3.8) is 0 Å². The molecule has 0 aromatic heterocycles. The molecule has 1 rings (SSSR count). The van der Waals surface area contributed by atoms with E-state index in [4.69, 9.17) is 4.74 Å². The van der Waals surface area contributed by atoms with Crippen molar-refractivity contribution in [2.45, 2.75) is 26.4 Å². The van der Waals surface area contributed by atoms with Crippen molar-refractivity contribution in [3.05, 3.63) is 29.8 Å². The molecular weight excluding hydrogens is 212 g/mol. The Balaban J connectivity index is 2.64. The summed E-state index contributed by atoms with van der Waals surface area (Å²) in [5, 5.41) is 3.39. The third kappa shape index (κ3) is 4.36. The van der Waals surface area contributed by atoms with E-state index in [-0.39, 0.29) is 0 Å². The average molecular weight is 236 g/mol. The van der Waals surface area contributed by atoms with Gasteiger partial charge in [-0.2, -0.15) is 0 Å². The highest BCUT2D eigenvalue weighted by atomic mass is 16.5. The number of anilines is 1. The fourth-order valence-electron chi connectivity index (χ4n) is 1.68. The Morgan fingerprint density at radius 3 is 2.65 bits per heavy atom. The maximum atomic E-state index is 5.02. The minimum absolute atomic E-state index is 0.509. The summed E-state index contributed by atoms with van der Waals surface area (Å²) in [5.41, 5.74) is 2.63. The highest BCUT2D eigenvalue weighted by molar-refractivity contribution is 5.53. The second kappa shape index (κ2) is 7.30. The van der Waals surface area contributed by atoms with E-state index in [2.05, 4.69) is 55.4 Å². The molecule has 0 aliphatic heterocycles. The third-order valence-electron chi connectivity index (χ3n) is 2.94. The quantitative estimate of drug-likeness (QED) is 0.735. The molecule has 0 heterocycles. The fourth-order valence-corrected chi connectivity index (χ4v) is 1.68. The zero-order valence-electron chi connectivity index (χ0n) is 11.4. The summed E-state index contributed by atoms with van der Waals surface area (Å²) in [4.78, 5) is 2.30. The molecule has 0 saturated heterocycles. The Morgan fingerprint density at radius 2 is 2.00 bits per heavy atom. The molecule has 3 nitrogen and oxygen atoms in total. The lowest BCUT2D eigenvalue weighted by Crippen LogP contribution is -2.28. The van der Waals surface area contributed by atoms with E-state index in [9.17, 15) is 0 Å². The first-order valence-electron chi connectivity index (χ1n) is 6.17. The van der Waals surface area contributed by atoms with Gasteiger partial charge in [0.05, 0.1) is 6.61 Å². The zero-order chi connectivity index (χ0) is 12.7. The van der Waals surface area contributed by atoms with Crippen LogP contribution in [0.3, 0.4) is 0 Å². The molecule has 0 aliphatic rings. The summed E-state index contributed by atoms with van der Waals surface area (Å²) in [7, 11) is 3.86. The summed E-state index contributed by atoms with van der Waals surface area (Å²) in [6.07, 6.45) is 0. The first kappa shape index (κ1) is 14.0. The summed E-state index contributed by atoms with van der Waals surface area (Å²) in [6, 6.07) is 9.04. The number of para-hydroxylation sites is 1. The molecule has 0 atom stereocenters. The average Bonchev–Trinajstić information content (AvgIpc) is 2.34. The standard InChI is InChI=1S/C14H24N2O/c1-12(2)16(3)14-8-6-5-7-13(14)11-15-9-10-17-4/h5-8,12,15H,9-11H2,1-4H3. The molecule has 0 spiro atoms. The Hall–Kier alpha value is -1.06. The largest absolute Gasteiger partial charge is 0.383 e. The molecule has 17 heavy (non-hydrogen) atoms. The second-order valence-electron chi connectivity index (χ2n) is 4.50. The predicted molar refractivity (Wildman–Crippen MR) is 73.6 cm³/mol. The normalized spacial score (nSPS) is 10.9. The predicted octanol–water partition coefficient (Wildman–Crippen LogP) is 2.27. The first-order chi connectivity index (χ1) is 8.16. The van der Waals surface area contributed by atoms with Crippen LogP contribution < -0.4 is 10.2 Å². The van der Waals surface area contributed by atoms with Gasteiger partial charge in [0, 0.05) is 39.0 Å². The van der Waals surface area contributed by atoms with Crippen molar-refractivity contribution in [1.29, 1.82) is 0 Å². The molecule has 1 N–H and O–H groups in total. The first-order valence-corrected chi connectivity index (χ1v) is 6.17. The monoisotopic (exact) mass is 236 g/mol. The molecule has 96 valence electrons. The Bertz CT molecular complexity index is 326. The lowest BCUT2D eigenvalue weighted by atomic mass is 10.1. The molecule has 0 unspecified atom stereocenters. The van der Waals surface area contributed by atoms with Crippen LogP contribution in [0.25, 0.3) is 0 Å². The minimum Gasteiger partial charge on any atom is -0.383 e. The van der Waals surface area contributed by atoms with Crippen LogP contribution in [0.2, 0.25) is 0 Å². The molecule has 1 aromatic rings. The van der Waals surface area contributed by atoms with Gasteiger partial charge in [0.2, 0.25) is 0 Å². The summed E-state index contributed by atoms with van der Waals surface area (Å²) >= 11 is 0. The molecule has 1 aromatic carbocycles. The molecule has 0 fully saturated rings. The van der Waals surface area contributed by atoms with Crippen LogP contribution in [0.5, 0.6) is 0 Å². The number of ether oxygens (including phenoxy) is 1. The van der Waals surface area contributed by atoms with Gasteiger partial charge in [-0.25, -0.2) is 0 Å². The van der Waals surface area contributed by atoms with Crippen LogP contribution in [0.4, 0.5) is 5.69 Å². The molecule has 0 saturated carbocycles. The van der Waals surface area contributed by atoms with E-state index in [1.165, 1.54) is 11.3 Å². The van der Waals surface area contributed by atoms with Crippen LogP contribution >= 0.6 is 0 Å². The van der Waals surface area contributed by atoms with Crippen molar-refractivity contribution in [2.75, 3.05) is 32.2 Å². The third-order valence-corrected chi connectivity index (χ3v) is 2.94. The smallest absolute Gasteiger partial charge is 0.0587 e. The number of nitrogens with zero attached hydrogens (tertiary/aromatic N) is 1. The zero-order valence-corrected chi connectivity index (χ0v) is 11.4. The van der Waals surface area contributed by atoms with E-state index in [1.807, 2.05) is 0 Å². The van der Waals surface area contributed by atoms with Gasteiger partial charge in [-0.05, 0) is 25.5 Å². The van der Waals surface area contributed by atoms with Crippen molar-refractivity contribution in [2.24, 2.45) is 0 Å². The maximum Gasteiger partial charge on any atom is 0.0587 e. The van der Waals surface area contributed by atoms with Gasteiger partial charge in [-0.15, -0.1) is 0 Å². The van der Waals surface area contributed by atoms with Crippen LogP contribution in [-0.4, -0.2) is 33.4 Å². The van der Waals surface area contributed by atoms with Crippen molar-refractivity contribution in [1.82, 2.24) is 5.32 Å². The number of hydrogen-bond acceptors (Lipinski definition) is 3. The van der Waals surface area contributed by atoms with Crippen LogP contribution in [0.1, 0.15) is 19.4 Å². The topological polar surface area (TPSA) is 24.5 Å². The molecule has 0 amide bonds. The highest BCUT2D eigenvalue weighted by Gasteiger charge is 2.08. The molecular formula is C14H24N2O. The van der Waals surface area contributed by atoms with Crippen LogP contribution in [0.15, 0.2) is 24.3 Å². The lowest BCUT2D eigenvalue weighted by molar-refractivity contribution is 0.199. The minimum atomic E-state index is 0.509. The van der Waals surface area contributed by atoms with Crippen molar-refractivity contribution >= 4 is 5.69 Å². The van der Waals surface area contributed by atoms with Gasteiger partial charge in [0.15, 0.2) is 0 Å². The van der Waals surface area contributed by atoms with Crippen LogP contribution in [-0.2, 0) is 11.3 Å². The van der Waals surface area contributed by atoms with Gasteiger partial charge >= 0.3 is 0 Å². The van der Waals surface area contributed by atoms with E-state index >= 15 is 0 Å². The summed E-state index contributed by atoms with van der Waals surface area (Å²) < 4.78 is 5.02. The molecule has 0 aliphatic carbocycles. The van der Waals surface area contributed by atoms with Gasteiger partial charge in [-0.1, -0.05) is 18.2 Å². The number of methoxy groups -OCH3 is 1. The van der Waals surface area contributed by atoms with Gasteiger partial charge in [0.1, 0.15) is 0 Å². The number of nitrogens with one attached hydrogen (secondary N) is 1. The maximum absolute atomic E-state index is 5.02.